The van der Waals surface area contributed by atoms with E-state index in [-0.39, 0.29) is 11.5 Å². The Hall–Kier alpha value is 0.590. The quantitative estimate of drug-likeness (QED) is 0.389. The van der Waals surface area contributed by atoms with E-state index in [0.717, 1.165) is 17.1 Å². The summed E-state index contributed by atoms with van der Waals surface area (Å²) in [5, 5.41) is 0. The van der Waals surface area contributed by atoms with Crippen molar-refractivity contribution < 1.29 is 16.8 Å². The van der Waals surface area contributed by atoms with Gasteiger partial charge < -0.3 is 0 Å². The molecule has 86 valence electrons. The zero-order valence-corrected chi connectivity index (χ0v) is 11.7. The van der Waals surface area contributed by atoms with E-state index in [1.165, 1.54) is 0 Å². The number of hydrogen-bond donors (Lipinski definition) is 1. The van der Waals surface area contributed by atoms with Crippen LogP contribution in [0.25, 0.3) is 0 Å². The fourth-order valence-corrected chi connectivity index (χ4v) is 3.70. The van der Waals surface area contributed by atoms with Crippen LogP contribution in [-0.4, -0.2) is 45.6 Å². The molecule has 0 aromatic carbocycles. The lowest BCUT2D eigenvalue weighted by molar-refractivity contribution is 0.578. The number of alkyl halides is 1. The summed E-state index contributed by atoms with van der Waals surface area (Å²) in [5.74, 6) is -0.681. The molecule has 0 heterocycles. The molecular weight excluding hydrogens is 341 g/mol. The largest absolute Gasteiger partial charge is 0.229 e. The number of rotatable bonds is 7. The molecule has 5 nitrogen and oxygen atoms in total. The molecule has 0 fully saturated rings. The molecule has 0 aliphatic rings. The summed E-state index contributed by atoms with van der Waals surface area (Å²) in [4.78, 5) is 0. The number of sulfonamides is 1. The molecule has 0 aromatic rings. The first kappa shape index (κ1) is 14.6. The summed E-state index contributed by atoms with van der Waals surface area (Å²) in [5.41, 5.74) is 0. The summed E-state index contributed by atoms with van der Waals surface area (Å²) < 4.78 is 47.0. The second-order valence-electron chi connectivity index (χ2n) is 2.89. The van der Waals surface area contributed by atoms with Crippen molar-refractivity contribution in [3.8, 4) is 0 Å². The van der Waals surface area contributed by atoms with E-state index in [4.69, 9.17) is 0 Å². The van der Waals surface area contributed by atoms with Crippen LogP contribution in [0, 0.1) is 0 Å². The van der Waals surface area contributed by atoms with Crippen molar-refractivity contribution in [2.45, 2.75) is 6.42 Å². The van der Waals surface area contributed by atoms with Gasteiger partial charge >= 0.3 is 0 Å². The maximum absolute atomic E-state index is 11.2. The predicted octanol–water partition coefficient (Wildman–Crippen LogP) is -0.225. The molecule has 0 aromatic heterocycles. The highest BCUT2D eigenvalue weighted by molar-refractivity contribution is 14.1. The van der Waals surface area contributed by atoms with Crippen LogP contribution < -0.4 is 4.72 Å². The third-order valence-corrected chi connectivity index (χ3v) is 4.71. The van der Waals surface area contributed by atoms with Crippen molar-refractivity contribution in [1.82, 2.24) is 4.72 Å². The molecule has 0 aliphatic carbocycles. The molecule has 1 N–H and O–H groups in total. The molecule has 0 atom stereocenters. The maximum Gasteiger partial charge on any atom is 0.212 e. The summed E-state index contributed by atoms with van der Waals surface area (Å²) in [6, 6.07) is 0. The highest BCUT2D eigenvalue weighted by Gasteiger charge is 2.13. The lowest BCUT2D eigenvalue weighted by atomic mass is 10.5. The van der Waals surface area contributed by atoms with Crippen molar-refractivity contribution in [1.29, 1.82) is 0 Å². The highest BCUT2D eigenvalue weighted by atomic mass is 127. The third kappa shape index (κ3) is 9.16. The van der Waals surface area contributed by atoms with E-state index in [9.17, 15) is 16.8 Å². The summed E-state index contributed by atoms with van der Waals surface area (Å²) in [6.45, 7) is 0.370. The number of nitrogens with one attached hydrogen (secondary N) is 1. The van der Waals surface area contributed by atoms with Crippen LogP contribution in [0.2, 0.25) is 0 Å². The Bertz CT molecular complexity index is 348. The van der Waals surface area contributed by atoms with Gasteiger partial charge in [-0.1, -0.05) is 22.6 Å². The topological polar surface area (TPSA) is 80.3 Å². The van der Waals surface area contributed by atoms with E-state index in [1.54, 1.807) is 0 Å². The van der Waals surface area contributed by atoms with E-state index >= 15 is 0 Å². The van der Waals surface area contributed by atoms with E-state index in [2.05, 4.69) is 27.3 Å². The standard InChI is InChI=1S/C6H14INO4S2/c1-13(9,10)5-6-14(11,12)8-4-2-3-7/h8H,2-6H2,1H3. The van der Waals surface area contributed by atoms with E-state index < -0.39 is 19.9 Å². The number of sulfone groups is 1. The minimum Gasteiger partial charge on any atom is -0.229 e. The van der Waals surface area contributed by atoms with Crippen LogP contribution in [0.15, 0.2) is 0 Å². The Balaban J connectivity index is 3.97. The van der Waals surface area contributed by atoms with Gasteiger partial charge in [0.2, 0.25) is 10.0 Å². The average Bonchev–Trinajstić information content (AvgIpc) is 2.00. The Morgan fingerprint density at radius 1 is 1.14 bits per heavy atom. The smallest absolute Gasteiger partial charge is 0.212 e. The van der Waals surface area contributed by atoms with E-state index in [1.807, 2.05) is 0 Å². The van der Waals surface area contributed by atoms with Crippen LogP contribution in [0.5, 0.6) is 0 Å². The minimum absolute atomic E-state index is 0.327. The van der Waals surface area contributed by atoms with Crippen molar-refractivity contribution in [3.05, 3.63) is 0 Å². The van der Waals surface area contributed by atoms with Gasteiger partial charge in [-0.25, -0.2) is 21.6 Å². The maximum atomic E-state index is 11.2. The molecule has 0 spiro atoms. The second kappa shape index (κ2) is 6.23. The summed E-state index contributed by atoms with van der Waals surface area (Å²) in [6.07, 6.45) is 1.77. The number of hydrogen-bond acceptors (Lipinski definition) is 4. The normalized spacial score (nSPS) is 13.0. The molecule has 0 saturated heterocycles. The van der Waals surface area contributed by atoms with Crippen LogP contribution in [-0.2, 0) is 19.9 Å². The van der Waals surface area contributed by atoms with Gasteiger partial charge in [0.05, 0.1) is 11.5 Å². The first-order valence-corrected chi connectivity index (χ1v) is 9.22. The van der Waals surface area contributed by atoms with Crippen LogP contribution >= 0.6 is 22.6 Å². The number of halogens is 1. The molecule has 0 unspecified atom stereocenters. The van der Waals surface area contributed by atoms with Crippen LogP contribution in [0.4, 0.5) is 0 Å². The molecule has 0 bridgehead atoms. The fourth-order valence-electron chi connectivity index (χ4n) is 0.628. The zero-order valence-electron chi connectivity index (χ0n) is 7.86. The molecule has 0 saturated carbocycles. The Morgan fingerprint density at radius 2 is 1.71 bits per heavy atom. The van der Waals surface area contributed by atoms with Gasteiger partial charge in [0.1, 0.15) is 9.84 Å². The highest BCUT2D eigenvalue weighted by Crippen LogP contribution is 1.92. The summed E-state index contributed by atoms with van der Waals surface area (Å²) >= 11 is 2.14. The molecule has 0 aliphatic heterocycles. The lowest BCUT2D eigenvalue weighted by Gasteiger charge is -2.04. The van der Waals surface area contributed by atoms with Gasteiger partial charge in [-0.2, -0.15) is 0 Å². The van der Waals surface area contributed by atoms with Crippen molar-refractivity contribution in [2.24, 2.45) is 0 Å². The summed E-state index contributed by atoms with van der Waals surface area (Å²) in [7, 11) is -6.63. The first-order valence-electron chi connectivity index (χ1n) is 3.98. The van der Waals surface area contributed by atoms with Crippen molar-refractivity contribution in [2.75, 3.05) is 28.7 Å². The molecule has 0 radical (unpaired) electrons. The SMILES string of the molecule is CS(=O)(=O)CCS(=O)(=O)NCCCI. The lowest BCUT2D eigenvalue weighted by Crippen LogP contribution is -2.30. The predicted molar refractivity (Wildman–Crippen MR) is 65.0 cm³/mol. The molecule has 8 heteroatoms. The molecule has 14 heavy (non-hydrogen) atoms. The molecule has 0 amide bonds. The second-order valence-corrected chi connectivity index (χ2v) is 8.15. The Morgan fingerprint density at radius 3 is 2.14 bits per heavy atom. The Labute approximate surface area is 98.8 Å². The first-order chi connectivity index (χ1) is 6.27. The van der Waals surface area contributed by atoms with Gasteiger partial charge in [0, 0.05) is 17.2 Å². The van der Waals surface area contributed by atoms with Gasteiger partial charge in [0.25, 0.3) is 0 Å². The Kier molecular flexibility index (Phi) is 6.50. The van der Waals surface area contributed by atoms with Crippen molar-refractivity contribution >= 4 is 42.5 Å². The zero-order chi connectivity index (χ0) is 11.2. The van der Waals surface area contributed by atoms with E-state index in [0.29, 0.717) is 6.54 Å². The van der Waals surface area contributed by atoms with Crippen LogP contribution in [0.3, 0.4) is 0 Å². The minimum atomic E-state index is -3.42. The monoisotopic (exact) mass is 355 g/mol. The third-order valence-electron chi connectivity index (χ3n) is 1.36. The van der Waals surface area contributed by atoms with Gasteiger partial charge in [-0.15, -0.1) is 0 Å². The van der Waals surface area contributed by atoms with Gasteiger partial charge in [-0.3, -0.25) is 0 Å². The van der Waals surface area contributed by atoms with Gasteiger partial charge in [0.15, 0.2) is 0 Å². The van der Waals surface area contributed by atoms with Crippen molar-refractivity contribution in [3.63, 3.8) is 0 Å². The fraction of sp³-hybridized carbons (Fsp3) is 1.00. The molecular formula is C6H14INO4S2. The van der Waals surface area contributed by atoms with Crippen LogP contribution in [0.1, 0.15) is 6.42 Å². The average molecular weight is 355 g/mol. The molecule has 0 rings (SSSR count). The van der Waals surface area contributed by atoms with Gasteiger partial charge in [-0.05, 0) is 6.42 Å².